The van der Waals surface area contributed by atoms with Crippen molar-refractivity contribution in [3.05, 3.63) is 18.2 Å². The fourth-order valence-electron chi connectivity index (χ4n) is 3.98. The summed E-state index contributed by atoms with van der Waals surface area (Å²) in [6.45, 7) is 4.85. The summed E-state index contributed by atoms with van der Waals surface area (Å²) in [4.78, 5) is 15.8. The van der Waals surface area contributed by atoms with Crippen LogP contribution in [0.25, 0.3) is 11.0 Å². The maximum absolute atomic E-state index is 11.1. The predicted molar refractivity (Wildman–Crippen MR) is 115 cm³/mol. The summed E-state index contributed by atoms with van der Waals surface area (Å²) in [5, 5.41) is 2.85. The van der Waals surface area contributed by atoms with Gasteiger partial charge in [-0.3, -0.25) is 9.36 Å². The van der Waals surface area contributed by atoms with E-state index in [0.717, 1.165) is 55.0 Å². The van der Waals surface area contributed by atoms with Crippen LogP contribution in [0.1, 0.15) is 52.4 Å². The minimum Gasteiger partial charge on any atom is -0.493 e. The molecule has 0 radical (unpaired) electrons. The Labute approximate surface area is 178 Å². The van der Waals surface area contributed by atoms with Crippen LogP contribution in [0.15, 0.2) is 18.2 Å². The van der Waals surface area contributed by atoms with Crippen LogP contribution in [0.2, 0.25) is 0 Å². The van der Waals surface area contributed by atoms with E-state index < -0.39 is 0 Å². The minimum atomic E-state index is -0.0211. The Hall–Kier alpha value is -2.28. The van der Waals surface area contributed by atoms with E-state index in [9.17, 15) is 4.79 Å². The molecule has 1 aromatic heterocycles. The molecule has 4 rings (SSSR count). The van der Waals surface area contributed by atoms with Crippen molar-refractivity contribution >= 4 is 16.9 Å². The Kier molecular flexibility index (Phi) is 6.46. The third-order valence-corrected chi connectivity index (χ3v) is 5.92. The maximum Gasteiger partial charge on any atom is 0.297 e. The van der Waals surface area contributed by atoms with Gasteiger partial charge in [-0.15, -0.1) is 0 Å². The monoisotopic (exact) mass is 415 g/mol. The SMILES string of the molecule is CC(=O)N[C@@H](C)COC1CCC(Oc2nc3ccc(OCC4CC4)cc3n2C)CC1. The number of rotatable bonds is 9. The number of fused-ring (bicyclic) bond motifs is 1. The highest BCUT2D eigenvalue weighted by Crippen LogP contribution is 2.31. The topological polar surface area (TPSA) is 74.6 Å². The molecule has 2 fully saturated rings. The predicted octanol–water partition coefficient (Wildman–Crippen LogP) is 3.59. The normalized spacial score (nSPS) is 22.6. The van der Waals surface area contributed by atoms with Crippen LogP contribution < -0.4 is 14.8 Å². The summed E-state index contributed by atoms with van der Waals surface area (Å²) < 4.78 is 20.1. The van der Waals surface area contributed by atoms with Gasteiger partial charge in [-0.1, -0.05) is 0 Å². The van der Waals surface area contributed by atoms with Gasteiger partial charge in [-0.25, -0.2) is 0 Å². The first kappa shape index (κ1) is 21.0. The van der Waals surface area contributed by atoms with Gasteiger partial charge < -0.3 is 19.5 Å². The Morgan fingerprint density at radius 3 is 2.63 bits per heavy atom. The minimum absolute atomic E-state index is 0.0211. The second-order valence-electron chi connectivity index (χ2n) is 8.81. The number of aryl methyl sites for hydroxylation is 1. The zero-order valence-electron chi connectivity index (χ0n) is 18.2. The van der Waals surface area contributed by atoms with Gasteiger partial charge in [0, 0.05) is 26.1 Å². The number of imidazole rings is 1. The van der Waals surface area contributed by atoms with Crippen molar-refractivity contribution in [3.8, 4) is 11.8 Å². The van der Waals surface area contributed by atoms with E-state index in [1.165, 1.54) is 19.8 Å². The molecule has 1 aromatic carbocycles. The summed E-state index contributed by atoms with van der Waals surface area (Å²) in [6, 6.07) is 6.75. The van der Waals surface area contributed by atoms with E-state index >= 15 is 0 Å². The lowest BCUT2D eigenvalue weighted by Crippen LogP contribution is -2.37. The first-order valence-electron chi connectivity index (χ1n) is 11.1. The first-order chi connectivity index (χ1) is 14.5. The average molecular weight is 416 g/mol. The molecule has 2 aromatic rings. The van der Waals surface area contributed by atoms with E-state index in [2.05, 4.69) is 16.4 Å². The van der Waals surface area contributed by atoms with Crippen LogP contribution in [0.3, 0.4) is 0 Å². The van der Waals surface area contributed by atoms with E-state index in [-0.39, 0.29) is 24.2 Å². The molecule has 164 valence electrons. The van der Waals surface area contributed by atoms with Crippen molar-refractivity contribution in [1.82, 2.24) is 14.9 Å². The number of nitrogens with one attached hydrogen (secondary N) is 1. The number of hydrogen-bond acceptors (Lipinski definition) is 5. The summed E-state index contributed by atoms with van der Waals surface area (Å²) >= 11 is 0. The summed E-state index contributed by atoms with van der Waals surface area (Å²) in [6.07, 6.45) is 6.75. The number of nitrogens with zero attached hydrogens (tertiary/aromatic N) is 2. The van der Waals surface area contributed by atoms with Gasteiger partial charge in [-0.2, -0.15) is 4.98 Å². The number of hydrogen-bond donors (Lipinski definition) is 1. The molecule has 7 heteroatoms. The van der Waals surface area contributed by atoms with Crippen LogP contribution in [0, 0.1) is 5.92 Å². The molecule has 7 nitrogen and oxygen atoms in total. The van der Waals surface area contributed by atoms with Crippen LogP contribution in [0.4, 0.5) is 0 Å². The van der Waals surface area contributed by atoms with Gasteiger partial charge in [0.2, 0.25) is 5.91 Å². The molecule has 2 aliphatic rings. The molecule has 0 spiro atoms. The fraction of sp³-hybridized carbons (Fsp3) is 0.652. The highest BCUT2D eigenvalue weighted by atomic mass is 16.5. The molecule has 0 bridgehead atoms. The van der Waals surface area contributed by atoms with E-state index in [1.54, 1.807) is 0 Å². The number of aromatic nitrogens is 2. The second-order valence-corrected chi connectivity index (χ2v) is 8.81. The average Bonchev–Trinajstić information content (AvgIpc) is 3.50. The highest BCUT2D eigenvalue weighted by molar-refractivity contribution is 5.78. The lowest BCUT2D eigenvalue weighted by Gasteiger charge is -2.29. The van der Waals surface area contributed by atoms with Gasteiger partial charge >= 0.3 is 0 Å². The van der Waals surface area contributed by atoms with Crippen molar-refractivity contribution in [2.24, 2.45) is 13.0 Å². The highest BCUT2D eigenvalue weighted by Gasteiger charge is 2.25. The number of carbonyl (C=O) groups is 1. The van der Waals surface area contributed by atoms with Gasteiger partial charge in [-0.05, 0) is 63.5 Å². The van der Waals surface area contributed by atoms with Crippen LogP contribution in [-0.4, -0.2) is 46.9 Å². The number of amides is 1. The van der Waals surface area contributed by atoms with Gasteiger partial charge in [0.05, 0.1) is 30.4 Å². The third-order valence-electron chi connectivity index (χ3n) is 5.92. The quantitative estimate of drug-likeness (QED) is 0.677. The number of carbonyl (C=O) groups excluding carboxylic acids is 1. The zero-order valence-corrected chi connectivity index (χ0v) is 18.2. The molecule has 2 saturated carbocycles. The summed E-state index contributed by atoms with van der Waals surface area (Å²) in [5.74, 6) is 1.61. The summed E-state index contributed by atoms with van der Waals surface area (Å²) in [5.41, 5.74) is 1.96. The third kappa shape index (κ3) is 5.45. The van der Waals surface area contributed by atoms with Gasteiger partial charge in [0.15, 0.2) is 0 Å². The van der Waals surface area contributed by atoms with E-state index in [0.29, 0.717) is 12.6 Å². The largest absolute Gasteiger partial charge is 0.493 e. The lowest BCUT2D eigenvalue weighted by atomic mass is 9.95. The molecule has 0 saturated heterocycles. The lowest BCUT2D eigenvalue weighted by molar-refractivity contribution is -0.120. The molecule has 0 aliphatic heterocycles. The van der Waals surface area contributed by atoms with Crippen molar-refractivity contribution < 1.29 is 19.0 Å². The van der Waals surface area contributed by atoms with Crippen molar-refractivity contribution in [1.29, 1.82) is 0 Å². The molecule has 1 amide bonds. The molecule has 1 heterocycles. The first-order valence-corrected chi connectivity index (χ1v) is 11.1. The Bertz CT molecular complexity index is 869. The van der Waals surface area contributed by atoms with E-state index in [1.807, 2.05) is 30.7 Å². The molecule has 1 N–H and O–H groups in total. The summed E-state index contributed by atoms with van der Waals surface area (Å²) in [7, 11) is 1.99. The second kappa shape index (κ2) is 9.25. The maximum atomic E-state index is 11.1. The van der Waals surface area contributed by atoms with Crippen LogP contribution in [-0.2, 0) is 16.6 Å². The molecular formula is C23H33N3O4. The van der Waals surface area contributed by atoms with Crippen LogP contribution in [0.5, 0.6) is 11.8 Å². The molecular weight excluding hydrogens is 382 g/mol. The van der Waals surface area contributed by atoms with Crippen LogP contribution >= 0.6 is 0 Å². The number of benzene rings is 1. The molecule has 0 unspecified atom stereocenters. The molecule has 30 heavy (non-hydrogen) atoms. The van der Waals surface area contributed by atoms with Gasteiger partial charge in [0.1, 0.15) is 11.9 Å². The van der Waals surface area contributed by atoms with Crippen molar-refractivity contribution in [3.63, 3.8) is 0 Å². The molecule has 1 atom stereocenters. The van der Waals surface area contributed by atoms with Gasteiger partial charge in [0.25, 0.3) is 6.01 Å². The standard InChI is InChI=1S/C23H33N3O4/c1-15(24-16(2)27)13-28-18-6-8-19(9-7-18)30-23-25-21-11-10-20(12-22(21)26(23)3)29-14-17-4-5-17/h10-12,15,17-19H,4-9,13-14H2,1-3H3,(H,24,27)/t15-,18?,19?/m0/s1. The van der Waals surface area contributed by atoms with Crippen molar-refractivity contribution in [2.75, 3.05) is 13.2 Å². The molecule has 2 aliphatic carbocycles. The number of ether oxygens (including phenoxy) is 3. The smallest absolute Gasteiger partial charge is 0.297 e. The Balaban J connectivity index is 1.28. The fourth-order valence-corrected chi connectivity index (χ4v) is 3.98. The van der Waals surface area contributed by atoms with E-state index in [4.69, 9.17) is 14.2 Å². The zero-order chi connectivity index (χ0) is 21.1. The Morgan fingerprint density at radius 2 is 1.93 bits per heavy atom. The van der Waals surface area contributed by atoms with Crippen molar-refractivity contribution in [2.45, 2.75) is 70.6 Å². The Morgan fingerprint density at radius 1 is 1.20 bits per heavy atom.